The van der Waals surface area contributed by atoms with Crippen molar-refractivity contribution in [3.8, 4) is 11.8 Å². The highest BCUT2D eigenvalue weighted by Gasteiger charge is 2.25. The van der Waals surface area contributed by atoms with Crippen molar-refractivity contribution in [3.63, 3.8) is 0 Å². The van der Waals surface area contributed by atoms with Crippen LogP contribution < -0.4 is 0 Å². The Kier molecular flexibility index (Phi) is 3.35. The largest absolute Gasteiger partial charge is 0.505 e. The Labute approximate surface area is 88.9 Å². The maximum absolute atomic E-state index is 12.4. The first-order valence-electron chi connectivity index (χ1n) is 4.01. The summed E-state index contributed by atoms with van der Waals surface area (Å²) in [6, 6.07) is 1.55. The number of carbonyl (C=O) groups excluding carboxylic acids is 1. The number of carbonyl (C=O) groups is 1. The van der Waals surface area contributed by atoms with E-state index < -0.39 is 29.4 Å². The number of rotatable bonds is 2. The van der Waals surface area contributed by atoms with Crippen molar-refractivity contribution in [3.05, 3.63) is 23.0 Å². The molecular formula is C9H6F2N2O3. The van der Waals surface area contributed by atoms with E-state index in [4.69, 9.17) is 5.26 Å². The van der Waals surface area contributed by atoms with E-state index in [1.807, 2.05) is 0 Å². The lowest BCUT2D eigenvalue weighted by Gasteiger charge is -2.08. The lowest BCUT2D eigenvalue weighted by atomic mass is 10.1. The fourth-order valence-electron chi connectivity index (χ4n) is 1.07. The predicted molar refractivity (Wildman–Crippen MR) is 46.9 cm³/mol. The van der Waals surface area contributed by atoms with E-state index in [0.29, 0.717) is 0 Å². The summed E-state index contributed by atoms with van der Waals surface area (Å²) in [5.41, 5.74) is -1.89. The van der Waals surface area contributed by atoms with Crippen molar-refractivity contribution in [1.82, 2.24) is 4.98 Å². The molecule has 0 aliphatic carbocycles. The molecule has 5 nitrogen and oxygen atoms in total. The number of ether oxygens (including phenoxy) is 1. The second kappa shape index (κ2) is 4.53. The summed E-state index contributed by atoms with van der Waals surface area (Å²) in [7, 11) is 1.01. The molecule has 7 heteroatoms. The molecule has 84 valence electrons. The average Bonchev–Trinajstić information content (AvgIpc) is 2.26. The first-order valence-corrected chi connectivity index (χ1v) is 4.01. The van der Waals surface area contributed by atoms with Gasteiger partial charge in [-0.2, -0.15) is 5.26 Å². The first kappa shape index (κ1) is 11.8. The van der Waals surface area contributed by atoms with Crippen LogP contribution >= 0.6 is 0 Å². The quantitative estimate of drug-likeness (QED) is 0.773. The molecular weight excluding hydrogens is 222 g/mol. The first-order chi connectivity index (χ1) is 7.52. The molecule has 0 atom stereocenters. The second-order valence-electron chi connectivity index (χ2n) is 2.68. The lowest BCUT2D eigenvalue weighted by molar-refractivity contribution is 0.0595. The van der Waals surface area contributed by atoms with Gasteiger partial charge in [0.05, 0.1) is 12.7 Å². The number of nitriles is 1. The minimum Gasteiger partial charge on any atom is -0.505 e. The summed E-state index contributed by atoms with van der Waals surface area (Å²) in [5, 5.41) is 18.0. The molecule has 0 bridgehead atoms. The van der Waals surface area contributed by atoms with Gasteiger partial charge in [-0.25, -0.2) is 18.6 Å². The fraction of sp³-hybridized carbons (Fsp3) is 0.222. The van der Waals surface area contributed by atoms with E-state index in [1.165, 1.54) is 0 Å². The number of hydrogen-bond acceptors (Lipinski definition) is 5. The van der Waals surface area contributed by atoms with E-state index in [9.17, 15) is 18.7 Å². The van der Waals surface area contributed by atoms with Gasteiger partial charge in [0, 0.05) is 6.20 Å². The molecule has 0 saturated heterocycles. The van der Waals surface area contributed by atoms with Gasteiger partial charge in [0.25, 0.3) is 6.43 Å². The monoisotopic (exact) mass is 228 g/mol. The van der Waals surface area contributed by atoms with Crippen LogP contribution in [0.2, 0.25) is 0 Å². The fourth-order valence-corrected chi connectivity index (χ4v) is 1.07. The molecule has 0 spiro atoms. The number of methoxy groups -OCH3 is 1. The van der Waals surface area contributed by atoms with Gasteiger partial charge in [0.1, 0.15) is 17.3 Å². The second-order valence-corrected chi connectivity index (χ2v) is 2.68. The number of pyridine rings is 1. The molecule has 0 amide bonds. The number of alkyl halides is 2. The number of nitrogens with zero attached hydrogens (tertiary/aromatic N) is 2. The summed E-state index contributed by atoms with van der Waals surface area (Å²) in [5.74, 6) is -2.10. The Hall–Kier alpha value is -2.23. The zero-order chi connectivity index (χ0) is 12.3. The number of halogens is 2. The summed E-state index contributed by atoms with van der Waals surface area (Å²) < 4.78 is 29.0. The van der Waals surface area contributed by atoms with Gasteiger partial charge < -0.3 is 9.84 Å². The summed E-state index contributed by atoms with van der Waals surface area (Å²) in [6.07, 6.45) is -2.26. The van der Waals surface area contributed by atoms with Crippen LogP contribution in [-0.2, 0) is 4.74 Å². The zero-order valence-corrected chi connectivity index (χ0v) is 8.07. The lowest BCUT2D eigenvalue weighted by Crippen LogP contribution is -2.07. The van der Waals surface area contributed by atoms with Crippen LogP contribution in [0, 0.1) is 11.3 Å². The maximum atomic E-state index is 12.4. The third-order valence-corrected chi connectivity index (χ3v) is 1.80. The standard InChI is InChI=1S/C9H6F2N2O3/c1-16-9(15)5-4(2-12)3-13-6(7(5)14)8(10)11/h3,8,14H,1H3. The molecule has 0 unspecified atom stereocenters. The molecule has 1 rings (SSSR count). The van der Waals surface area contributed by atoms with Crippen molar-refractivity contribution in [2.24, 2.45) is 0 Å². The Morgan fingerprint density at radius 3 is 2.75 bits per heavy atom. The SMILES string of the molecule is COC(=O)c1c(C#N)cnc(C(F)F)c1O. The number of aromatic nitrogens is 1. The molecule has 0 aliphatic heterocycles. The molecule has 0 fully saturated rings. The summed E-state index contributed by atoms with van der Waals surface area (Å²) in [6.45, 7) is 0. The molecule has 1 aromatic rings. The zero-order valence-electron chi connectivity index (χ0n) is 8.07. The number of esters is 1. The van der Waals surface area contributed by atoms with Crippen molar-refractivity contribution in [2.45, 2.75) is 6.43 Å². The van der Waals surface area contributed by atoms with E-state index in [2.05, 4.69) is 9.72 Å². The van der Waals surface area contributed by atoms with Crippen LogP contribution in [0.3, 0.4) is 0 Å². The molecule has 1 N–H and O–H groups in total. The summed E-state index contributed by atoms with van der Waals surface area (Å²) >= 11 is 0. The van der Waals surface area contributed by atoms with E-state index >= 15 is 0 Å². The molecule has 1 heterocycles. The maximum Gasteiger partial charge on any atom is 0.343 e. The van der Waals surface area contributed by atoms with Crippen LogP contribution in [0.1, 0.15) is 28.0 Å². The number of aromatic hydroxyl groups is 1. The molecule has 0 saturated carbocycles. The normalized spacial score (nSPS) is 9.94. The van der Waals surface area contributed by atoms with Gasteiger partial charge >= 0.3 is 5.97 Å². The highest BCUT2D eigenvalue weighted by Crippen LogP contribution is 2.31. The Morgan fingerprint density at radius 1 is 1.69 bits per heavy atom. The molecule has 0 aliphatic rings. The van der Waals surface area contributed by atoms with Crippen LogP contribution in [0.4, 0.5) is 8.78 Å². The smallest absolute Gasteiger partial charge is 0.343 e. The Morgan fingerprint density at radius 2 is 2.31 bits per heavy atom. The van der Waals surface area contributed by atoms with Crippen molar-refractivity contribution in [2.75, 3.05) is 7.11 Å². The molecule has 16 heavy (non-hydrogen) atoms. The minimum atomic E-state index is -3.05. The van der Waals surface area contributed by atoms with Crippen molar-refractivity contribution in [1.29, 1.82) is 5.26 Å². The molecule has 1 aromatic heterocycles. The van der Waals surface area contributed by atoms with Crippen molar-refractivity contribution < 1.29 is 23.4 Å². The predicted octanol–water partition coefficient (Wildman–Crippen LogP) is 1.38. The third-order valence-electron chi connectivity index (χ3n) is 1.80. The van der Waals surface area contributed by atoms with Crippen LogP contribution in [0.25, 0.3) is 0 Å². The van der Waals surface area contributed by atoms with Gasteiger partial charge in [-0.1, -0.05) is 0 Å². The van der Waals surface area contributed by atoms with Crippen molar-refractivity contribution >= 4 is 5.97 Å². The topological polar surface area (TPSA) is 83.2 Å². The summed E-state index contributed by atoms with van der Waals surface area (Å²) in [4.78, 5) is 14.4. The average molecular weight is 228 g/mol. The highest BCUT2D eigenvalue weighted by molar-refractivity contribution is 5.95. The minimum absolute atomic E-state index is 0.325. The number of hydrogen-bond donors (Lipinski definition) is 1. The van der Waals surface area contributed by atoms with E-state index in [0.717, 1.165) is 13.3 Å². The van der Waals surface area contributed by atoms with Crippen LogP contribution in [-0.4, -0.2) is 23.2 Å². The van der Waals surface area contributed by atoms with E-state index in [1.54, 1.807) is 6.07 Å². The van der Waals surface area contributed by atoms with Crippen LogP contribution in [0.15, 0.2) is 6.20 Å². The van der Waals surface area contributed by atoms with Crippen LogP contribution in [0.5, 0.6) is 5.75 Å². The Balaban J connectivity index is 3.48. The Bertz CT molecular complexity index is 469. The van der Waals surface area contributed by atoms with Gasteiger partial charge in [0.15, 0.2) is 5.75 Å². The molecule has 0 radical (unpaired) electrons. The third kappa shape index (κ3) is 1.91. The van der Waals surface area contributed by atoms with E-state index in [-0.39, 0.29) is 5.56 Å². The molecule has 0 aromatic carbocycles. The van der Waals surface area contributed by atoms with Gasteiger partial charge in [-0.15, -0.1) is 0 Å². The van der Waals surface area contributed by atoms with Gasteiger partial charge in [-0.3, -0.25) is 0 Å². The van der Waals surface area contributed by atoms with Gasteiger partial charge in [-0.05, 0) is 0 Å². The van der Waals surface area contributed by atoms with Gasteiger partial charge in [0.2, 0.25) is 0 Å². The highest BCUT2D eigenvalue weighted by atomic mass is 19.3.